The molecule has 0 aliphatic heterocycles. The first-order chi connectivity index (χ1) is 10.9. The summed E-state index contributed by atoms with van der Waals surface area (Å²) in [6, 6.07) is 3.67. The van der Waals surface area contributed by atoms with Crippen molar-refractivity contribution in [3.8, 4) is 0 Å². The highest BCUT2D eigenvalue weighted by Gasteiger charge is 2.16. The molecule has 0 aliphatic rings. The van der Waals surface area contributed by atoms with Crippen LogP contribution in [0.1, 0.15) is 33.6 Å². The molecule has 0 N–H and O–H groups in total. The van der Waals surface area contributed by atoms with Crippen molar-refractivity contribution in [3.63, 3.8) is 0 Å². The first-order valence-electron chi connectivity index (χ1n) is 7.44. The Kier molecular flexibility index (Phi) is 5.21. The number of esters is 2. The van der Waals surface area contributed by atoms with Gasteiger partial charge >= 0.3 is 11.9 Å². The Hall–Kier alpha value is -2.56. The van der Waals surface area contributed by atoms with Crippen LogP contribution in [-0.2, 0) is 27.2 Å². The number of carbonyl (C=O) groups is 2. The average molecular weight is 312 g/mol. The molecule has 0 amide bonds. The number of pyridine rings is 2. The number of carbonyl (C=O) groups excluding carboxylic acids is 2. The highest BCUT2D eigenvalue weighted by Crippen LogP contribution is 2.14. The molecule has 2 aromatic rings. The second-order valence-corrected chi connectivity index (χ2v) is 5.58. The fourth-order valence-corrected chi connectivity index (χ4v) is 2.47. The molecule has 23 heavy (non-hydrogen) atoms. The molecular weight excluding hydrogens is 292 g/mol. The number of ether oxygens (including phenoxy) is 1. The predicted octanol–water partition coefficient (Wildman–Crippen LogP) is 2.57. The Morgan fingerprint density at radius 2 is 1.22 bits per heavy atom. The van der Waals surface area contributed by atoms with Crippen molar-refractivity contribution in [1.29, 1.82) is 0 Å². The molecule has 120 valence electrons. The highest BCUT2D eigenvalue weighted by molar-refractivity contribution is 5.88. The number of rotatable bonds is 4. The lowest BCUT2D eigenvalue weighted by molar-refractivity contribution is -0.158. The third kappa shape index (κ3) is 4.22. The summed E-state index contributed by atoms with van der Waals surface area (Å²) >= 11 is 0. The van der Waals surface area contributed by atoms with Crippen molar-refractivity contribution in [2.24, 2.45) is 0 Å². The van der Waals surface area contributed by atoms with Crippen LogP contribution in [-0.4, -0.2) is 21.9 Å². The Balaban J connectivity index is 2.02. The minimum absolute atomic E-state index is 0.0439. The Morgan fingerprint density at radius 1 is 0.826 bits per heavy atom. The van der Waals surface area contributed by atoms with Gasteiger partial charge in [-0.3, -0.25) is 19.6 Å². The van der Waals surface area contributed by atoms with E-state index in [0.717, 1.165) is 33.6 Å². The smallest absolute Gasteiger partial charge is 0.317 e. The quantitative estimate of drug-likeness (QED) is 0.641. The van der Waals surface area contributed by atoms with Gasteiger partial charge in [0.15, 0.2) is 0 Å². The van der Waals surface area contributed by atoms with Crippen LogP contribution in [0.2, 0.25) is 0 Å². The number of hydrogen-bond donors (Lipinski definition) is 0. The average Bonchev–Trinajstić information content (AvgIpc) is 2.47. The number of aromatic nitrogens is 2. The zero-order valence-electron chi connectivity index (χ0n) is 13.8. The molecule has 2 heterocycles. The Labute approximate surface area is 135 Å². The summed E-state index contributed by atoms with van der Waals surface area (Å²) in [6.07, 6.45) is 3.47. The second kappa shape index (κ2) is 7.13. The molecular formula is C18H20N2O3. The van der Waals surface area contributed by atoms with Gasteiger partial charge in [0.05, 0.1) is 12.8 Å². The van der Waals surface area contributed by atoms with Gasteiger partial charge in [-0.25, -0.2) is 0 Å². The SMILES string of the molecule is Cc1ccnc(C)c1CC(=O)OC(=O)Cc1c(C)ccnc1C. The summed E-state index contributed by atoms with van der Waals surface area (Å²) in [5.41, 5.74) is 5.07. The summed E-state index contributed by atoms with van der Waals surface area (Å²) in [4.78, 5) is 32.3. The van der Waals surface area contributed by atoms with Crippen molar-refractivity contribution in [1.82, 2.24) is 9.97 Å². The molecule has 2 aromatic heterocycles. The molecule has 0 unspecified atom stereocenters. The zero-order chi connectivity index (χ0) is 17.0. The van der Waals surface area contributed by atoms with Crippen LogP contribution in [0.5, 0.6) is 0 Å². The van der Waals surface area contributed by atoms with E-state index in [1.807, 2.05) is 39.8 Å². The topological polar surface area (TPSA) is 69.2 Å². The van der Waals surface area contributed by atoms with Crippen LogP contribution in [0.4, 0.5) is 0 Å². The van der Waals surface area contributed by atoms with Gasteiger partial charge in [-0.1, -0.05) is 0 Å². The van der Waals surface area contributed by atoms with E-state index in [4.69, 9.17) is 4.74 Å². The molecule has 5 nitrogen and oxygen atoms in total. The lowest BCUT2D eigenvalue weighted by Crippen LogP contribution is -2.18. The van der Waals surface area contributed by atoms with E-state index < -0.39 is 11.9 Å². The van der Waals surface area contributed by atoms with Crippen molar-refractivity contribution in [2.45, 2.75) is 40.5 Å². The van der Waals surface area contributed by atoms with Gasteiger partial charge < -0.3 is 4.74 Å². The van der Waals surface area contributed by atoms with Crippen LogP contribution in [0, 0.1) is 27.7 Å². The molecule has 0 saturated heterocycles. The Morgan fingerprint density at radius 3 is 1.57 bits per heavy atom. The van der Waals surface area contributed by atoms with Crippen molar-refractivity contribution in [3.05, 3.63) is 58.2 Å². The summed E-state index contributed by atoms with van der Waals surface area (Å²) in [7, 11) is 0. The third-order valence-electron chi connectivity index (χ3n) is 3.88. The monoisotopic (exact) mass is 312 g/mol. The lowest BCUT2D eigenvalue weighted by Gasteiger charge is -2.10. The molecule has 0 fully saturated rings. The standard InChI is InChI=1S/C18H20N2O3/c1-11-5-7-19-13(3)15(11)9-17(21)23-18(22)10-16-12(2)6-8-20-14(16)4/h5-8H,9-10H2,1-4H3. The number of hydrogen-bond acceptors (Lipinski definition) is 5. The van der Waals surface area contributed by atoms with Crippen LogP contribution in [0.25, 0.3) is 0 Å². The lowest BCUT2D eigenvalue weighted by atomic mass is 10.0. The summed E-state index contributed by atoms with van der Waals surface area (Å²) in [5, 5.41) is 0. The predicted molar refractivity (Wildman–Crippen MR) is 85.9 cm³/mol. The van der Waals surface area contributed by atoms with Crippen LogP contribution < -0.4 is 0 Å². The van der Waals surface area contributed by atoms with E-state index in [1.165, 1.54) is 0 Å². The maximum atomic E-state index is 12.0. The molecule has 0 spiro atoms. The van der Waals surface area contributed by atoms with Crippen LogP contribution >= 0.6 is 0 Å². The Bertz CT molecular complexity index is 650. The summed E-state index contributed by atoms with van der Waals surface area (Å²) in [5.74, 6) is -1.12. The van der Waals surface area contributed by atoms with E-state index >= 15 is 0 Å². The molecule has 0 radical (unpaired) electrons. The van der Waals surface area contributed by atoms with Gasteiger partial charge in [0.1, 0.15) is 0 Å². The first-order valence-corrected chi connectivity index (χ1v) is 7.44. The van der Waals surface area contributed by atoms with Crippen molar-refractivity contribution in [2.75, 3.05) is 0 Å². The van der Waals surface area contributed by atoms with Crippen LogP contribution in [0.15, 0.2) is 24.5 Å². The van der Waals surface area contributed by atoms with Gasteiger partial charge in [0.25, 0.3) is 0 Å². The molecule has 5 heteroatoms. The molecule has 0 bridgehead atoms. The van der Waals surface area contributed by atoms with E-state index in [1.54, 1.807) is 12.4 Å². The first kappa shape index (κ1) is 16.8. The van der Waals surface area contributed by atoms with Crippen molar-refractivity contribution >= 4 is 11.9 Å². The molecule has 0 atom stereocenters. The van der Waals surface area contributed by atoms with Gasteiger partial charge in [-0.2, -0.15) is 0 Å². The molecule has 0 aliphatic carbocycles. The number of aryl methyl sites for hydroxylation is 4. The minimum atomic E-state index is -0.562. The fourth-order valence-electron chi connectivity index (χ4n) is 2.47. The molecule has 0 aromatic carbocycles. The molecule has 2 rings (SSSR count). The maximum Gasteiger partial charge on any atom is 0.317 e. The van der Waals surface area contributed by atoms with E-state index in [9.17, 15) is 9.59 Å². The largest absolute Gasteiger partial charge is 0.393 e. The van der Waals surface area contributed by atoms with E-state index in [2.05, 4.69) is 9.97 Å². The zero-order valence-corrected chi connectivity index (χ0v) is 13.8. The molecule has 0 saturated carbocycles. The van der Waals surface area contributed by atoms with E-state index in [-0.39, 0.29) is 12.8 Å². The third-order valence-corrected chi connectivity index (χ3v) is 3.88. The van der Waals surface area contributed by atoms with E-state index in [0.29, 0.717) is 0 Å². The summed E-state index contributed by atoms with van der Waals surface area (Å²) < 4.78 is 4.94. The van der Waals surface area contributed by atoms with Gasteiger partial charge in [-0.05, 0) is 62.1 Å². The van der Waals surface area contributed by atoms with Gasteiger partial charge in [0, 0.05) is 23.8 Å². The minimum Gasteiger partial charge on any atom is -0.393 e. The van der Waals surface area contributed by atoms with Gasteiger partial charge in [-0.15, -0.1) is 0 Å². The van der Waals surface area contributed by atoms with Gasteiger partial charge in [0.2, 0.25) is 0 Å². The van der Waals surface area contributed by atoms with Crippen LogP contribution in [0.3, 0.4) is 0 Å². The highest BCUT2D eigenvalue weighted by atomic mass is 16.6. The summed E-state index contributed by atoms with van der Waals surface area (Å²) in [6.45, 7) is 7.47. The number of nitrogens with zero attached hydrogens (tertiary/aromatic N) is 2. The maximum absolute atomic E-state index is 12.0. The normalized spacial score (nSPS) is 10.4. The fraction of sp³-hybridized carbons (Fsp3) is 0.333. The van der Waals surface area contributed by atoms with Crippen molar-refractivity contribution < 1.29 is 14.3 Å². The second-order valence-electron chi connectivity index (χ2n) is 5.58.